The molecule has 0 atom stereocenters. The highest BCUT2D eigenvalue weighted by molar-refractivity contribution is 7.95. The predicted octanol–water partition coefficient (Wildman–Crippen LogP) is 12.8. The van der Waals surface area contributed by atoms with Gasteiger partial charge in [0, 0.05) is 23.9 Å². The van der Waals surface area contributed by atoms with Crippen molar-refractivity contribution in [1.29, 1.82) is 0 Å². The third-order valence-corrected chi connectivity index (χ3v) is 15.7. The molecular weight excluding hydrogens is 1240 g/mol. The van der Waals surface area contributed by atoms with Crippen LogP contribution in [-0.4, -0.2) is 91.3 Å². The van der Waals surface area contributed by atoms with E-state index >= 15 is 0 Å². The van der Waals surface area contributed by atoms with Crippen LogP contribution in [0.3, 0.4) is 0 Å². The average molecular weight is 1280 g/mol. The molecule has 0 spiro atoms. The molecule has 0 aliphatic rings. The summed E-state index contributed by atoms with van der Waals surface area (Å²) in [5.41, 5.74) is 5.27. The number of ether oxygens (including phenoxy) is 2. The number of phenols is 3. The van der Waals surface area contributed by atoms with Gasteiger partial charge in [-0.1, -0.05) is 44.9 Å². The van der Waals surface area contributed by atoms with Crippen LogP contribution in [-0.2, 0) is 58.5 Å². The molecular formula is C46H39N9O23S6. The number of fused-ring (bicyclic) bond motifs is 3. The number of phenolic OH excluding ortho intramolecular Hbond substituents is 3. The van der Waals surface area contributed by atoms with E-state index < -0.39 is 73.7 Å². The predicted molar refractivity (Wildman–Crippen MR) is 296 cm³/mol. The molecule has 38 heteroatoms. The van der Waals surface area contributed by atoms with Crippen LogP contribution in [0.15, 0.2) is 167 Å². The van der Waals surface area contributed by atoms with Gasteiger partial charge in [-0.3, -0.25) is 13.7 Å². The molecule has 0 aliphatic carbocycles. The van der Waals surface area contributed by atoms with Gasteiger partial charge in [-0.2, -0.15) is 40.6 Å². The Hall–Kier alpha value is -7.84. The Bertz CT molecular complexity index is 4330. The lowest BCUT2D eigenvalue weighted by Crippen LogP contribution is -2.00. The highest BCUT2D eigenvalue weighted by atomic mass is 32.2. The van der Waals surface area contributed by atoms with Gasteiger partial charge in [0.05, 0.1) is 81.8 Å². The first-order valence-corrected chi connectivity index (χ1v) is 28.9. The van der Waals surface area contributed by atoms with Crippen molar-refractivity contribution in [3.8, 4) is 28.7 Å². The molecule has 8 aromatic rings. The van der Waals surface area contributed by atoms with Crippen LogP contribution in [0.25, 0.3) is 32.3 Å². The summed E-state index contributed by atoms with van der Waals surface area (Å²) in [5.74, 6) is -1.26. The van der Waals surface area contributed by atoms with E-state index in [1.165, 1.54) is 81.9 Å². The summed E-state index contributed by atoms with van der Waals surface area (Å²) in [6.07, 6.45) is 0. The molecule has 0 radical (unpaired) electrons. The number of methoxy groups -OCH3 is 2. The van der Waals surface area contributed by atoms with E-state index in [0.717, 1.165) is 17.7 Å². The van der Waals surface area contributed by atoms with E-state index in [0.29, 0.717) is 62.9 Å². The lowest BCUT2D eigenvalue weighted by molar-refractivity contribution is -0.432. The third kappa shape index (κ3) is 14.7. The van der Waals surface area contributed by atoms with E-state index in [2.05, 4.69) is 69.0 Å². The monoisotopic (exact) mass is 1280 g/mol. The molecule has 8 rings (SSSR count). The van der Waals surface area contributed by atoms with Crippen LogP contribution in [0.2, 0.25) is 0 Å². The topological polar surface area (TPSA) is 483 Å². The van der Waals surface area contributed by atoms with Gasteiger partial charge in [-0.15, -0.1) is 38.6 Å². The number of aromatic hydroxyl groups is 3. The summed E-state index contributed by atoms with van der Waals surface area (Å²) in [6, 6.07) is 22.2. The lowest BCUT2D eigenvalue weighted by atomic mass is 10.1. The minimum absolute atomic E-state index is 0.0183. The summed E-state index contributed by atoms with van der Waals surface area (Å²) >= 11 is 1.36. The van der Waals surface area contributed by atoms with E-state index in [1.54, 1.807) is 31.2 Å². The first-order valence-electron chi connectivity index (χ1n) is 22.3. The van der Waals surface area contributed by atoms with Gasteiger partial charge in [0.15, 0.2) is 17.2 Å². The largest absolute Gasteiger partial charge is 0.505 e. The molecule has 0 amide bonds. The molecule has 0 fully saturated rings. The molecule has 0 saturated carbocycles. The van der Waals surface area contributed by atoms with E-state index in [9.17, 15) is 54.2 Å². The summed E-state index contributed by atoms with van der Waals surface area (Å²) in [7, 11) is -10.5. The van der Waals surface area contributed by atoms with Gasteiger partial charge in [0.1, 0.15) is 60.3 Å². The fraction of sp³-hybridized carbons (Fsp3) is 0.0870. The van der Waals surface area contributed by atoms with Gasteiger partial charge in [0.25, 0.3) is 30.4 Å². The molecule has 84 heavy (non-hydrogen) atoms. The Kier molecular flexibility index (Phi) is 20.7. The van der Waals surface area contributed by atoms with Gasteiger partial charge < -0.3 is 30.5 Å². The number of azo groups is 4. The van der Waals surface area contributed by atoms with Crippen molar-refractivity contribution >= 4 is 144 Å². The second-order valence-corrected chi connectivity index (χ2v) is 22.6. The molecule has 32 nitrogen and oxygen atoms in total. The number of hydrogen-bond donors (Lipinski definition) is 10. The molecule has 0 aromatic heterocycles. The first kappa shape index (κ1) is 63.7. The van der Waals surface area contributed by atoms with Crippen LogP contribution >= 0.6 is 36.1 Å². The minimum atomic E-state index is -4.93. The van der Waals surface area contributed by atoms with Crippen molar-refractivity contribution in [3.05, 3.63) is 103 Å². The number of nitrogens with zero attached hydrogens (tertiary/aromatic N) is 8. The SMILES string of the molecule is CN=Nc1c(S(=O)(=O)O)cc2cc(SOOO)c(N=Nc3ccc4cc(SOOO)c(N=Nc5ccc(OC)cc5S(=O)(=O)O)c(O)c4c3)c(N)c2c1O.COc1ccc(N=Nc2c(S(=O)(=O)O)cc3cc(C)ccc3c2O)c(SOOO)c1. The normalized spacial score (nSPS) is 12.4. The number of nitrogen functional groups attached to an aromatic ring is 1. The Morgan fingerprint density at radius 1 is 0.464 bits per heavy atom. The average Bonchev–Trinajstić information content (AvgIpc) is 1.25. The Morgan fingerprint density at radius 2 is 0.976 bits per heavy atom. The Balaban J connectivity index is 0.000000284. The Labute approximate surface area is 484 Å². The van der Waals surface area contributed by atoms with Crippen LogP contribution in [0.1, 0.15) is 5.56 Å². The second-order valence-electron chi connectivity index (χ2n) is 16.3. The standard InChI is InChI=1S/C28H23N7O15S4.C18H16N2O8S2/c1-30-33-26-21(54(43,44)45)9-13-8-18(51-49-47-38)24(23(29)22(13)28(26)37)34-31-14-4-3-12-7-19(52-50-48-39)25(27(36)16(12)10-14)35-32-17-6-5-15(46-2)11-20(17)53(40,41)42;1-10-3-5-13-11(7-10)8-16(30(23,24)25)17(18(13)21)20-19-14-6-4-12(26-2)9-15(14)29-28-27-22/h3-11,36-39H,29H2,1-2H3,(H,40,41,42)(H,43,44,45);3-9,21-22H,1-2H3,(H,23,24,25). The van der Waals surface area contributed by atoms with Crippen molar-refractivity contribution in [2.45, 2.75) is 36.3 Å². The van der Waals surface area contributed by atoms with Crippen molar-refractivity contribution in [3.63, 3.8) is 0 Å². The summed E-state index contributed by atoms with van der Waals surface area (Å²) in [5, 5.41) is 102. The van der Waals surface area contributed by atoms with E-state index in [1.807, 2.05) is 0 Å². The van der Waals surface area contributed by atoms with Gasteiger partial charge in [-0.25, -0.2) is 15.8 Å². The molecule has 8 aromatic carbocycles. The number of anilines is 1. The number of benzene rings is 8. The van der Waals surface area contributed by atoms with Gasteiger partial charge in [-0.05, 0) is 89.8 Å². The number of nitrogens with two attached hydrogens (primary N) is 1. The molecule has 0 heterocycles. The first-order chi connectivity index (χ1) is 39.9. The maximum atomic E-state index is 12.1. The van der Waals surface area contributed by atoms with Gasteiger partial charge in [0.2, 0.25) is 0 Å². The summed E-state index contributed by atoms with van der Waals surface area (Å²) in [6.45, 7) is 1.80. The highest BCUT2D eigenvalue weighted by Crippen LogP contribution is 2.51. The van der Waals surface area contributed by atoms with E-state index in [-0.39, 0.29) is 65.8 Å². The number of hydrogen-bond acceptors (Lipinski definition) is 32. The van der Waals surface area contributed by atoms with Crippen molar-refractivity contribution < 1.29 is 108 Å². The molecule has 442 valence electrons. The Morgan fingerprint density at radius 3 is 1.57 bits per heavy atom. The number of rotatable bonds is 21. The molecule has 0 saturated heterocycles. The summed E-state index contributed by atoms with van der Waals surface area (Å²) in [4.78, 5) is -1.76. The van der Waals surface area contributed by atoms with Crippen LogP contribution in [0.4, 0.5) is 45.5 Å². The number of aryl methyl sites for hydroxylation is 1. The maximum Gasteiger partial charge on any atom is 0.296 e. The lowest BCUT2D eigenvalue weighted by Gasteiger charge is -2.14. The third-order valence-electron chi connectivity index (χ3n) is 11.2. The van der Waals surface area contributed by atoms with Gasteiger partial charge >= 0.3 is 0 Å². The van der Waals surface area contributed by atoms with Crippen LogP contribution in [0.5, 0.6) is 28.7 Å². The molecule has 0 unspecified atom stereocenters. The smallest absolute Gasteiger partial charge is 0.296 e. The quantitative estimate of drug-likeness (QED) is 0.00797. The van der Waals surface area contributed by atoms with Crippen molar-refractivity contribution in [2.24, 2.45) is 40.9 Å². The maximum absolute atomic E-state index is 12.1. The van der Waals surface area contributed by atoms with Crippen LogP contribution < -0.4 is 15.2 Å². The highest BCUT2D eigenvalue weighted by Gasteiger charge is 2.27. The van der Waals surface area contributed by atoms with Crippen molar-refractivity contribution in [2.75, 3.05) is 27.0 Å². The fourth-order valence-electron chi connectivity index (χ4n) is 7.54. The minimum Gasteiger partial charge on any atom is -0.505 e. The van der Waals surface area contributed by atoms with Crippen LogP contribution in [0, 0.1) is 6.92 Å². The zero-order valence-corrected chi connectivity index (χ0v) is 47.5. The molecule has 11 N–H and O–H groups in total. The zero-order chi connectivity index (χ0) is 61.3. The zero-order valence-electron chi connectivity index (χ0n) is 42.6. The molecule has 0 aliphatic heterocycles. The second kappa shape index (κ2) is 27.3. The fourth-order valence-corrected chi connectivity index (χ4v) is 11.0. The van der Waals surface area contributed by atoms with Crippen molar-refractivity contribution in [1.82, 2.24) is 0 Å². The summed E-state index contributed by atoms with van der Waals surface area (Å²) < 4.78 is 125. The molecule has 0 bridgehead atoms. The van der Waals surface area contributed by atoms with E-state index in [4.69, 9.17) is 31.0 Å².